The zero-order valence-electron chi connectivity index (χ0n) is 21.9. The SMILES string of the molecule is OC(c1ccccc1)(c1ccccc1)[C@@H]1CCc2nn(-c3cc4ccc3CCc3ccc(cc3)CC4)c[n+]21.[Cl-]. The van der Waals surface area contributed by atoms with Gasteiger partial charge in [-0.05, 0) is 71.6 Å². The van der Waals surface area contributed by atoms with Crippen molar-refractivity contribution in [1.82, 2.24) is 9.78 Å². The standard InChI is InChI=1S/C34H32N3O.ClH/c38-34(29-7-3-1-4-8-29,30-9-5-2-6-10-30)32-21-22-33-35-37(24-36(32)33)31-23-27-16-15-25-11-13-26(14-12-25)17-19-28(31)20-18-27;/h1-14,18,20,23-24,32,38H,15-17,19,21-22H2;1H/q+1;/p-1/t32-;/m0./s1. The Morgan fingerprint density at radius 1 is 0.692 bits per heavy atom. The Bertz CT molecular complexity index is 1540. The molecule has 5 aromatic rings. The Morgan fingerprint density at radius 2 is 1.26 bits per heavy atom. The first-order chi connectivity index (χ1) is 18.7. The van der Waals surface area contributed by atoms with E-state index in [9.17, 15) is 5.11 Å². The van der Waals surface area contributed by atoms with Gasteiger partial charge in [0.15, 0.2) is 0 Å². The lowest BCUT2D eigenvalue weighted by molar-refractivity contribution is -0.731. The normalized spacial score (nSPS) is 16.3. The number of nitrogens with zero attached hydrogens (tertiary/aromatic N) is 3. The van der Waals surface area contributed by atoms with Crippen LogP contribution < -0.4 is 17.0 Å². The molecule has 0 spiro atoms. The van der Waals surface area contributed by atoms with Gasteiger partial charge in [-0.3, -0.25) is 0 Å². The topological polar surface area (TPSA) is 41.9 Å². The average Bonchev–Trinajstić information content (AvgIpc) is 3.56. The number of benzene rings is 4. The summed E-state index contributed by atoms with van der Waals surface area (Å²) < 4.78 is 4.28. The summed E-state index contributed by atoms with van der Waals surface area (Å²) in [6, 6.07) is 36.0. The molecule has 0 radical (unpaired) electrons. The van der Waals surface area contributed by atoms with Crippen molar-refractivity contribution < 1.29 is 22.1 Å². The zero-order chi connectivity index (χ0) is 25.5. The predicted octanol–water partition coefficient (Wildman–Crippen LogP) is 2.47. The van der Waals surface area contributed by atoms with Gasteiger partial charge in [0.1, 0.15) is 17.3 Å². The molecule has 4 aromatic carbocycles. The summed E-state index contributed by atoms with van der Waals surface area (Å²) in [6.07, 6.45) is 7.80. The average molecular weight is 534 g/mol. The molecule has 1 atom stereocenters. The molecule has 1 aromatic heterocycles. The van der Waals surface area contributed by atoms with Crippen LogP contribution in [-0.4, -0.2) is 14.9 Å². The lowest BCUT2D eigenvalue weighted by atomic mass is 9.79. The van der Waals surface area contributed by atoms with Gasteiger partial charge >= 0.3 is 0 Å². The molecule has 0 saturated carbocycles. The number of hydrogen-bond donors (Lipinski definition) is 1. The van der Waals surface area contributed by atoms with Crippen molar-refractivity contribution in [3.8, 4) is 5.69 Å². The van der Waals surface area contributed by atoms with Crippen molar-refractivity contribution in [2.75, 3.05) is 0 Å². The molecule has 2 heterocycles. The van der Waals surface area contributed by atoms with E-state index >= 15 is 0 Å². The van der Waals surface area contributed by atoms with Crippen LogP contribution in [0.4, 0.5) is 0 Å². The second-order valence-corrected chi connectivity index (χ2v) is 10.7. The highest BCUT2D eigenvalue weighted by molar-refractivity contribution is 5.45. The van der Waals surface area contributed by atoms with Crippen molar-refractivity contribution in [2.24, 2.45) is 0 Å². The summed E-state index contributed by atoms with van der Waals surface area (Å²) in [6.45, 7) is 0. The van der Waals surface area contributed by atoms with E-state index in [4.69, 9.17) is 5.10 Å². The monoisotopic (exact) mass is 533 g/mol. The van der Waals surface area contributed by atoms with Gasteiger partial charge in [0.25, 0.3) is 5.82 Å². The van der Waals surface area contributed by atoms with Crippen LogP contribution in [0.3, 0.4) is 0 Å². The molecule has 1 N–H and O–H groups in total. The molecule has 0 unspecified atom stereocenters. The van der Waals surface area contributed by atoms with Crippen LogP contribution in [0.5, 0.6) is 0 Å². The van der Waals surface area contributed by atoms with Crippen LogP contribution in [0.2, 0.25) is 0 Å². The molecule has 196 valence electrons. The zero-order valence-corrected chi connectivity index (χ0v) is 22.6. The van der Waals surface area contributed by atoms with Gasteiger partial charge in [-0.15, -0.1) is 0 Å². The predicted molar refractivity (Wildman–Crippen MR) is 148 cm³/mol. The highest BCUT2D eigenvalue weighted by atomic mass is 35.5. The van der Waals surface area contributed by atoms with E-state index in [1.165, 1.54) is 22.3 Å². The van der Waals surface area contributed by atoms with Gasteiger partial charge in [0, 0.05) is 11.5 Å². The minimum absolute atomic E-state index is 0. The fourth-order valence-electron chi connectivity index (χ4n) is 6.32. The Balaban J connectivity index is 0.00000277. The Morgan fingerprint density at radius 3 is 1.90 bits per heavy atom. The molecule has 0 amide bonds. The Kier molecular flexibility index (Phi) is 6.84. The minimum Gasteiger partial charge on any atom is -1.00 e. The fraction of sp³-hybridized carbons (Fsp3) is 0.235. The number of fused-ring (bicyclic) bond motifs is 1. The fourth-order valence-corrected chi connectivity index (χ4v) is 6.32. The molecule has 5 heteroatoms. The largest absolute Gasteiger partial charge is 1.00 e. The highest BCUT2D eigenvalue weighted by Crippen LogP contribution is 2.41. The molecule has 0 saturated heterocycles. The quantitative estimate of drug-likeness (QED) is 0.361. The molecular weight excluding hydrogens is 502 g/mol. The van der Waals surface area contributed by atoms with Crippen molar-refractivity contribution in [2.45, 2.75) is 50.2 Å². The van der Waals surface area contributed by atoms with E-state index in [-0.39, 0.29) is 18.4 Å². The Hall–Kier alpha value is -3.73. The number of aliphatic hydroxyl groups is 1. The third kappa shape index (κ3) is 4.58. The van der Waals surface area contributed by atoms with Gasteiger partial charge in [-0.1, -0.05) is 102 Å². The summed E-state index contributed by atoms with van der Waals surface area (Å²) in [5.41, 5.74) is 7.21. The minimum atomic E-state index is -1.15. The van der Waals surface area contributed by atoms with Gasteiger partial charge < -0.3 is 17.5 Å². The van der Waals surface area contributed by atoms with Crippen LogP contribution in [0.1, 0.15) is 51.7 Å². The molecule has 10 rings (SSSR count). The maximum Gasteiger partial charge on any atom is 0.278 e. The van der Waals surface area contributed by atoms with Gasteiger partial charge in [-0.2, -0.15) is 0 Å². The Labute approximate surface area is 236 Å². The molecule has 0 fully saturated rings. The summed E-state index contributed by atoms with van der Waals surface area (Å²) in [7, 11) is 0. The van der Waals surface area contributed by atoms with Crippen LogP contribution in [-0.2, 0) is 37.7 Å². The number of aromatic nitrogens is 3. The highest BCUT2D eigenvalue weighted by Gasteiger charge is 2.48. The first-order valence-corrected chi connectivity index (χ1v) is 13.7. The number of aryl methyl sites for hydroxylation is 5. The van der Waals surface area contributed by atoms with E-state index < -0.39 is 5.60 Å². The van der Waals surface area contributed by atoms with Crippen LogP contribution in [0.15, 0.2) is 109 Å². The molecule has 4 nitrogen and oxygen atoms in total. The number of hydrogen-bond acceptors (Lipinski definition) is 2. The maximum absolute atomic E-state index is 12.5. The van der Waals surface area contributed by atoms with Crippen LogP contribution in [0.25, 0.3) is 5.69 Å². The first-order valence-electron chi connectivity index (χ1n) is 13.7. The molecule has 39 heavy (non-hydrogen) atoms. The van der Waals surface area contributed by atoms with Crippen molar-refractivity contribution in [3.63, 3.8) is 0 Å². The summed E-state index contributed by atoms with van der Waals surface area (Å²) in [4.78, 5) is 0. The van der Waals surface area contributed by atoms with Crippen molar-refractivity contribution in [3.05, 3.63) is 149 Å². The van der Waals surface area contributed by atoms with Gasteiger partial charge in [0.2, 0.25) is 6.33 Å². The second kappa shape index (κ2) is 10.4. The smallest absolute Gasteiger partial charge is 0.278 e. The van der Waals surface area contributed by atoms with E-state index in [2.05, 4.69) is 58.0 Å². The van der Waals surface area contributed by atoms with Gasteiger partial charge in [-0.25, -0.2) is 4.57 Å². The summed E-state index contributed by atoms with van der Waals surface area (Å²) >= 11 is 0. The molecule has 1 aliphatic heterocycles. The molecule has 4 bridgehead atoms. The first kappa shape index (κ1) is 25.5. The molecular formula is C34H32ClN3O. The lowest BCUT2D eigenvalue weighted by Gasteiger charge is -2.34. The molecule has 5 aliphatic rings. The maximum atomic E-state index is 12.5. The van der Waals surface area contributed by atoms with E-state index in [0.717, 1.165) is 61.2 Å². The van der Waals surface area contributed by atoms with Crippen molar-refractivity contribution in [1.29, 1.82) is 0 Å². The number of rotatable bonds is 4. The van der Waals surface area contributed by atoms with E-state index in [1.54, 1.807) is 0 Å². The third-order valence-electron chi connectivity index (χ3n) is 8.45. The van der Waals surface area contributed by atoms with Gasteiger partial charge in [0.05, 0.1) is 0 Å². The third-order valence-corrected chi connectivity index (χ3v) is 8.45. The van der Waals surface area contributed by atoms with Crippen LogP contribution >= 0.6 is 0 Å². The second-order valence-electron chi connectivity index (χ2n) is 10.7. The van der Waals surface area contributed by atoms with Crippen LogP contribution in [0, 0.1) is 0 Å². The summed E-state index contributed by atoms with van der Waals surface area (Å²) in [5.74, 6) is 1.02. The number of halogens is 1. The summed E-state index contributed by atoms with van der Waals surface area (Å²) in [5, 5.41) is 17.6. The van der Waals surface area contributed by atoms with Crippen molar-refractivity contribution >= 4 is 0 Å². The van der Waals surface area contributed by atoms with E-state index in [0.29, 0.717) is 0 Å². The molecule has 4 aliphatic carbocycles. The van der Waals surface area contributed by atoms with E-state index in [1.807, 2.05) is 60.7 Å². The lowest BCUT2D eigenvalue weighted by Crippen LogP contribution is -3.00.